The monoisotopic (exact) mass is 185 g/mol. The lowest BCUT2D eigenvalue weighted by molar-refractivity contribution is -0.135. The number of carbonyl (C=O) groups is 2. The van der Waals surface area contributed by atoms with Crippen molar-refractivity contribution in [1.29, 1.82) is 0 Å². The second kappa shape index (κ2) is 4.37. The number of ether oxygens (including phenoxy) is 1. The van der Waals surface area contributed by atoms with Crippen LogP contribution in [-0.2, 0) is 14.3 Å². The Morgan fingerprint density at radius 3 is 2.54 bits per heavy atom. The third-order valence-electron chi connectivity index (χ3n) is 2.29. The molecule has 1 aliphatic rings. The summed E-state index contributed by atoms with van der Waals surface area (Å²) in [5.74, 6) is -0.163. The van der Waals surface area contributed by atoms with Crippen LogP contribution in [0, 0.1) is 0 Å². The van der Waals surface area contributed by atoms with E-state index in [4.69, 9.17) is 10.5 Å². The third kappa shape index (κ3) is 3.14. The van der Waals surface area contributed by atoms with E-state index in [0.29, 0.717) is 12.8 Å². The lowest BCUT2D eigenvalue weighted by Gasteiger charge is -2.23. The Bertz CT molecular complexity index is 205. The summed E-state index contributed by atoms with van der Waals surface area (Å²) in [6, 6.07) is 0. The van der Waals surface area contributed by atoms with Crippen LogP contribution in [0.4, 0.5) is 0 Å². The van der Waals surface area contributed by atoms with Crippen LogP contribution in [0.2, 0.25) is 0 Å². The van der Waals surface area contributed by atoms with Crippen LogP contribution in [0.5, 0.6) is 0 Å². The predicted molar refractivity (Wildman–Crippen MR) is 47.0 cm³/mol. The minimum atomic E-state index is -0.543. The molecule has 4 heteroatoms. The Kier molecular flexibility index (Phi) is 3.42. The zero-order chi connectivity index (χ0) is 9.84. The van der Waals surface area contributed by atoms with Gasteiger partial charge in [-0.15, -0.1) is 0 Å². The number of rotatable bonds is 3. The van der Waals surface area contributed by atoms with Crippen molar-refractivity contribution in [3.8, 4) is 0 Å². The van der Waals surface area contributed by atoms with E-state index in [1.807, 2.05) is 0 Å². The first-order valence-corrected chi connectivity index (χ1v) is 4.56. The maximum atomic E-state index is 10.9. The molecule has 1 unspecified atom stereocenters. The molecule has 0 aromatic carbocycles. The highest BCUT2D eigenvalue weighted by molar-refractivity contribution is 5.79. The number of amides is 1. The minimum Gasteiger partial charge on any atom is -0.367 e. The van der Waals surface area contributed by atoms with Gasteiger partial charge < -0.3 is 10.5 Å². The topological polar surface area (TPSA) is 69.4 Å². The molecule has 1 rings (SSSR count). The molecule has 0 heterocycles. The molecule has 1 atom stereocenters. The Balaban J connectivity index is 2.30. The summed E-state index contributed by atoms with van der Waals surface area (Å²) < 4.78 is 5.37. The molecule has 0 bridgehead atoms. The van der Waals surface area contributed by atoms with Gasteiger partial charge in [-0.3, -0.25) is 9.59 Å². The molecule has 1 aliphatic carbocycles. The second-order valence-electron chi connectivity index (χ2n) is 3.42. The highest BCUT2D eigenvalue weighted by atomic mass is 16.5. The smallest absolute Gasteiger partial charge is 0.246 e. The van der Waals surface area contributed by atoms with Gasteiger partial charge in [-0.1, -0.05) is 0 Å². The number of nitrogens with two attached hydrogens (primary N) is 1. The summed E-state index contributed by atoms with van der Waals surface area (Å²) in [5.41, 5.74) is 5.05. The van der Waals surface area contributed by atoms with Crippen LogP contribution in [-0.4, -0.2) is 23.9 Å². The van der Waals surface area contributed by atoms with E-state index in [0.717, 1.165) is 12.8 Å². The maximum absolute atomic E-state index is 10.9. The molecule has 0 aromatic heterocycles. The van der Waals surface area contributed by atoms with E-state index >= 15 is 0 Å². The van der Waals surface area contributed by atoms with Crippen molar-refractivity contribution in [1.82, 2.24) is 0 Å². The Labute approximate surface area is 77.4 Å². The van der Waals surface area contributed by atoms with Crippen molar-refractivity contribution in [3.63, 3.8) is 0 Å². The fourth-order valence-electron chi connectivity index (χ4n) is 1.41. The molecule has 0 radical (unpaired) electrons. The molecular formula is C9H15NO3. The zero-order valence-corrected chi connectivity index (χ0v) is 7.79. The average molecular weight is 185 g/mol. The largest absolute Gasteiger partial charge is 0.367 e. The van der Waals surface area contributed by atoms with Crippen molar-refractivity contribution in [2.75, 3.05) is 0 Å². The number of Topliss-reactive ketones (excluding diaryl/α,β-unsaturated/α-hetero) is 1. The van der Waals surface area contributed by atoms with Gasteiger partial charge in [-0.05, 0) is 19.8 Å². The maximum Gasteiger partial charge on any atom is 0.246 e. The predicted octanol–water partition coefficient (Wildman–Crippen LogP) is 0.388. The molecule has 0 saturated heterocycles. The van der Waals surface area contributed by atoms with Crippen LogP contribution in [0.1, 0.15) is 32.6 Å². The first-order chi connectivity index (χ1) is 6.09. The summed E-state index contributed by atoms with van der Waals surface area (Å²) in [6.45, 7) is 1.64. The highest BCUT2D eigenvalue weighted by Gasteiger charge is 2.22. The van der Waals surface area contributed by atoms with Crippen LogP contribution in [0.15, 0.2) is 0 Å². The molecule has 0 aliphatic heterocycles. The first kappa shape index (κ1) is 10.2. The van der Waals surface area contributed by atoms with E-state index in [2.05, 4.69) is 0 Å². The van der Waals surface area contributed by atoms with Crippen LogP contribution in [0.3, 0.4) is 0 Å². The summed E-state index contributed by atoms with van der Waals surface area (Å²) in [4.78, 5) is 21.5. The van der Waals surface area contributed by atoms with Gasteiger partial charge in [-0.25, -0.2) is 0 Å². The van der Waals surface area contributed by atoms with Crippen molar-refractivity contribution >= 4 is 11.7 Å². The second-order valence-corrected chi connectivity index (χ2v) is 3.42. The SMILES string of the molecule is CC(OC1CCC(=O)CC1)C(N)=O. The lowest BCUT2D eigenvalue weighted by Crippen LogP contribution is -2.33. The molecule has 0 spiro atoms. The normalized spacial score (nSPS) is 21.5. The van der Waals surface area contributed by atoms with Gasteiger partial charge in [-0.2, -0.15) is 0 Å². The number of hydrogen-bond donors (Lipinski definition) is 1. The van der Waals surface area contributed by atoms with Gasteiger partial charge in [0.2, 0.25) is 5.91 Å². The zero-order valence-electron chi connectivity index (χ0n) is 7.79. The molecule has 74 valence electrons. The van der Waals surface area contributed by atoms with Crippen molar-refractivity contribution < 1.29 is 14.3 Å². The van der Waals surface area contributed by atoms with E-state index in [1.165, 1.54) is 0 Å². The number of carbonyl (C=O) groups excluding carboxylic acids is 2. The molecule has 1 saturated carbocycles. The van der Waals surface area contributed by atoms with Gasteiger partial charge in [0, 0.05) is 12.8 Å². The van der Waals surface area contributed by atoms with Crippen LogP contribution in [0.25, 0.3) is 0 Å². The lowest BCUT2D eigenvalue weighted by atomic mass is 9.96. The molecule has 4 nitrogen and oxygen atoms in total. The third-order valence-corrected chi connectivity index (χ3v) is 2.29. The van der Waals surface area contributed by atoms with Crippen LogP contribution >= 0.6 is 0 Å². The molecule has 1 fully saturated rings. The van der Waals surface area contributed by atoms with Crippen LogP contribution < -0.4 is 5.73 Å². The van der Waals surface area contributed by atoms with Gasteiger partial charge in [0.25, 0.3) is 0 Å². The van der Waals surface area contributed by atoms with Gasteiger partial charge >= 0.3 is 0 Å². The molecule has 1 amide bonds. The first-order valence-electron chi connectivity index (χ1n) is 4.56. The van der Waals surface area contributed by atoms with Crippen molar-refractivity contribution in [2.24, 2.45) is 5.73 Å². The van der Waals surface area contributed by atoms with E-state index in [-0.39, 0.29) is 11.9 Å². The molecular weight excluding hydrogens is 170 g/mol. The van der Waals surface area contributed by atoms with Gasteiger partial charge in [0.1, 0.15) is 11.9 Å². The van der Waals surface area contributed by atoms with E-state index in [1.54, 1.807) is 6.92 Å². The van der Waals surface area contributed by atoms with Gasteiger partial charge in [0.05, 0.1) is 6.10 Å². The summed E-state index contributed by atoms with van der Waals surface area (Å²) in [6.07, 6.45) is 2.05. The standard InChI is InChI=1S/C9H15NO3/c1-6(9(10)12)13-8-4-2-7(11)3-5-8/h6,8H,2-5H2,1H3,(H2,10,12). The van der Waals surface area contributed by atoms with Gasteiger partial charge in [0.15, 0.2) is 0 Å². The number of primary amides is 1. The number of ketones is 1. The summed E-state index contributed by atoms with van der Waals surface area (Å²) >= 11 is 0. The quantitative estimate of drug-likeness (QED) is 0.691. The molecule has 0 aromatic rings. The average Bonchev–Trinajstić information content (AvgIpc) is 2.08. The van der Waals surface area contributed by atoms with Crippen molar-refractivity contribution in [2.45, 2.75) is 44.8 Å². The molecule has 13 heavy (non-hydrogen) atoms. The summed E-state index contributed by atoms with van der Waals surface area (Å²) in [5, 5.41) is 0. The Morgan fingerprint density at radius 2 is 2.08 bits per heavy atom. The highest BCUT2D eigenvalue weighted by Crippen LogP contribution is 2.19. The minimum absolute atomic E-state index is 0.0280. The fourth-order valence-corrected chi connectivity index (χ4v) is 1.41. The number of hydrogen-bond acceptors (Lipinski definition) is 3. The Hall–Kier alpha value is -0.900. The molecule has 2 N–H and O–H groups in total. The van der Waals surface area contributed by atoms with E-state index < -0.39 is 12.0 Å². The Morgan fingerprint density at radius 1 is 1.54 bits per heavy atom. The summed E-state index contributed by atoms with van der Waals surface area (Å²) in [7, 11) is 0. The van der Waals surface area contributed by atoms with Crippen molar-refractivity contribution in [3.05, 3.63) is 0 Å². The van der Waals surface area contributed by atoms with E-state index in [9.17, 15) is 9.59 Å². The fraction of sp³-hybridized carbons (Fsp3) is 0.778.